The van der Waals surface area contributed by atoms with E-state index in [-0.39, 0.29) is 17.6 Å². The highest BCUT2D eigenvalue weighted by Gasteiger charge is 2.26. The summed E-state index contributed by atoms with van der Waals surface area (Å²) in [6.45, 7) is 1.29. The van der Waals surface area contributed by atoms with Crippen LogP contribution in [0, 0.1) is 11.7 Å². The van der Waals surface area contributed by atoms with Crippen molar-refractivity contribution in [2.75, 3.05) is 23.3 Å². The van der Waals surface area contributed by atoms with Gasteiger partial charge in [0.25, 0.3) is 0 Å². The van der Waals surface area contributed by atoms with Crippen LogP contribution in [-0.2, 0) is 4.79 Å². The Balaban J connectivity index is 1.60. The van der Waals surface area contributed by atoms with E-state index in [1.54, 1.807) is 30.3 Å². The van der Waals surface area contributed by atoms with Crippen LogP contribution < -0.4 is 10.2 Å². The molecule has 1 amide bonds. The molecule has 3 rings (SSSR count). The predicted octanol–water partition coefficient (Wildman–Crippen LogP) is 4.99. The number of anilines is 2. The first-order valence-electron chi connectivity index (χ1n) is 7.80. The molecule has 1 heterocycles. The van der Waals surface area contributed by atoms with Crippen LogP contribution in [0.25, 0.3) is 0 Å². The zero-order valence-corrected chi connectivity index (χ0v) is 14.4. The number of carbonyl (C=O) groups is 1. The molecule has 0 spiro atoms. The Morgan fingerprint density at radius 2 is 1.83 bits per heavy atom. The molecule has 0 unspecified atom stereocenters. The van der Waals surface area contributed by atoms with Gasteiger partial charge < -0.3 is 10.2 Å². The summed E-state index contributed by atoms with van der Waals surface area (Å²) in [7, 11) is 0. The van der Waals surface area contributed by atoms with E-state index in [2.05, 4.69) is 5.32 Å². The monoisotopic (exact) mass is 366 g/mol. The Labute approximate surface area is 150 Å². The van der Waals surface area contributed by atoms with Gasteiger partial charge in [0.15, 0.2) is 0 Å². The van der Waals surface area contributed by atoms with Gasteiger partial charge in [-0.25, -0.2) is 4.39 Å². The summed E-state index contributed by atoms with van der Waals surface area (Å²) in [5.74, 6) is -0.402. The minimum Gasteiger partial charge on any atom is -0.369 e. The van der Waals surface area contributed by atoms with Gasteiger partial charge in [0.2, 0.25) is 5.91 Å². The van der Waals surface area contributed by atoms with E-state index in [1.165, 1.54) is 6.07 Å². The van der Waals surface area contributed by atoms with Gasteiger partial charge in [-0.2, -0.15) is 0 Å². The van der Waals surface area contributed by atoms with Crippen LogP contribution in [0.2, 0.25) is 10.0 Å². The first kappa shape index (κ1) is 17.1. The highest BCUT2D eigenvalue weighted by atomic mass is 35.5. The van der Waals surface area contributed by atoms with Gasteiger partial charge in [-0.3, -0.25) is 4.79 Å². The van der Waals surface area contributed by atoms with E-state index in [4.69, 9.17) is 23.2 Å². The molecule has 0 aromatic heterocycles. The van der Waals surface area contributed by atoms with Crippen molar-refractivity contribution < 1.29 is 9.18 Å². The average molecular weight is 367 g/mol. The third-order valence-corrected chi connectivity index (χ3v) is 4.80. The Morgan fingerprint density at radius 3 is 2.50 bits per heavy atom. The molecule has 1 aliphatic rings. The number of para-hydroxylation sites is 1. The van der Waals surface area contributed by atoms with Gasteiger partial charge in [-0.05, 0) is 43.2 Å². The standard InChI is InChI=1S/C18H17Cl2FN2O/c19-13-5-6-16(14(20)11-13)22-18(24)12-7-9-23(10-8-12)17-4-2-1-3-15(17)21/h1-6,11-12H,7-10H2,(H,22,24). The van der Waals surface area contributed by atoms with Crippen molar-refractivity contribution in [3.8, 4) is 0 Å². The fourth-order valence-electron chi connectivity index (χ4n) is 2.92. The zero-order valence-electron chi connectivity index (χ0n) is 12.9. The Hall–Kier alpha value is -1.78. The van der Waals surface area contributed by atoms with Crippen LogP contribution in [0.5, 0.6) is 0 Å². The number of piperidine rings is 1. The summed E-state index contributed by atoms with van der Waals surface area (Å²) < 4.78 is 13.8. The third kappa shape index (κ3) is 3.82. The van der Waals surface area contributed by atoms with Crippen molar-refractivity contribution in [2.45, 2.75) is 12.8 Å². The number of nitrogens with one attached hydrogen (secondary N) is 1. The topological polar surface area (TPSA) is 32.3 Å². The summed E-state index contributed by atoms with van der Waals surface area (Å²) in [6, 6.07) is 11.7. The van der Waals surface area contributed by atoms with E-state index >= 15 is 0 Å². The van der Waals surface area contributed by atoms with Gasteiger partial charge >= 0.3 is 0 Å². The van der Waals surface area contributed by atoms with Crippen LogP contribution in [0.3, 0.4) is 0 Å². The molecular weight excluding hydrogens is 350 g/mol. The molecule has 0 atom stereocenters. The van der Waals surface area contributed by atoms with Gasteiger partial charge in [0.05, 0.1) is 16.4 Å². The molecule has 1 saturated heterocycles. The van der Waals surface area contributed by atoms with E-state index < -0.39 is 0 Å². The highest BCUT2D eigenvalue weighted by molar-refractivity contribution is 6.36. The number of benzene rings is 2. The molecule has 6 heteroatoms. The smallest absolute Gasteiger partial charge is 0.227 e. The minimum absolute atomic E-state index is 0.0626. The van der Waals surface area contributed by atoms with E-state index in [1.807, 2.05) is 11.0 Å². The average Bonchev–Trinajstić information content (AvgIpc) is 2.58. The van der Waals surface area contributed by atoms with Crippen molar-refractivity contribution in [3.05, 3.63) is 58.3 Å². The van der Waals surface area contributed by atoms with Crippen LogP contribution >= 0.6 is 23.2 Å². The summed E-state index contributed by atoms with van der Waals surface area (Å²) in [6.07, 6.45) is 1.34. The van der Waals surface area contributed by atoms with Crippen LogP contribution in [0.1, 0.15) is 12.8 Å². The molecule has 1 N–H and O–H groups in total. The molecule has 1 aliphatic heterocycles. The zero-order chi connectivity index (χ0) is 17.1. The van der Waals surface area contributed by atoms with Crippen LogP contribution in [0.15, 0.2) is 42.5 Å². The normalized spacial score (nSPS) is 15.4. The summed E-state index contributed by atoms with van der Waals surface area (Å²) in [5.41, 5.74) is 1.15. The number of amides is 1. The number of halogens is 3. The molecular formula is C18H17Cl2FN2O. The molecule has 0 bridgehead atoms. The van der Waals surface area contributed by atoms with Crippen molar-refractivity contribution in [3.63, 3.8) is 0 Å². The SMILES string of the molecule is O=C(Nc1ccc(Cl)cc1Cl)C1CCN(c2ccccc2F)CC1. The van der Waals surface area contributed by atoms with Crippen molar-refractivity contribution in [1.82, 2.24) is 0 Å². The quantitative estimate of drug-likeness (QED) is 0.829. The largest absolute Gasteiger partial charge is 0.369 e. The first-order chi connectivity index (χ1) is 11.5. The summed E-state index contributed by atoms with van der Waals surface area (Å²) >= 11 is 11.9. The fraction of sp³-hybridized carbons (Fsp3) is 0.278. The summed E-state index contributed by atoms with van der Waals surface area (Å²) in [5, 5.41) is 3.79. The van der Waals surface area contributed by atoms with Crippen molar-refractivity contribution in [2.24, 2.45) is 5.92 Å². The molecule has 24 heavy (non-hydrogen) atoms. The van der Waals surface area contributed by atoms with Gasteiger partial charge in [-0.15, -0.1) is 0 Å². The number of hydrogen-bond donors (Lipinski definition) is 1. The number of nitrogens with zero attached hydrogens (tertiary/aromatic N) is 1. The number of hydrogen-bond acceptors (Lipinski definition) is 2. The van der Waals surface area contributed by atoms with Gasteiger partial charge in [0.1, 0.15) is 5.82 Å². The highest BCUT2D eigenvalue weighted by Crippen LogP contribution is 2.29. The van der Waals surface area contributed by atoms with Crippen molar-refractivity contribution >= 4 is 40.5 Å². The second-order valence-corrected chi connectivity index (χ2v) is 6.67. The minimum atomic E-state index is -0.228. The van der Waals surface area contributed by atoms with E-state index in [0.29, 0.717) is 47.4 Å². The fourth-order valence-corrected chi connectivity index (χ4v) is 3.37. The third-order valence-electron chi connectivity index (χ3n) is 4.25. The molecule has 0 aliphatic carbocycles. The molecule has 2 aromatic carbocycles. The lowest BCUT2D eigenvalue weighted by Gasteiger charge is -2.33. The molecule has 2 aromatic rings. The lowest BCUT2D eigenvalue weighted by Crippen LogP contribution is -2.38. The Kier molecular flexibility index (Phi) is 5.27. The lowest BCUT2D eigenvalue weighted by atomic mass is 9.95. The summed E-state index contributed by atoms with van der Waals surface area (Å²) in [4.78, 5) is 14.4. The van der Waals surface area contributed by atoms with E-state index in [0.717, 1.165) is 0 Å². The maximum Gasteiger partial charge on any atom is 0.227 e. The predicted molar refractivity (Wildman–Crippen MR) is 96.4 cm³/mol. The molecule has 3 nitrogen and oxygen atoms in total. The second kappa shape index (κ2) is 7.41. The molecule has 0 saturated carbocycles. The Bertz CT molecular complexity index is 746. The van der Waals surface area contributed by atoms with E-state index in [9.17, 15) is 9.18 Å². The number of carbonyl (C=O) groups excluding carboxylic acids is 1. The van der Waals surface area contributed by atoms with Crippen LogP contribution in [0.4, 0.5) is 15.8 Å². The Morgan fingerprint density at radius 1 is 1.12 bits per heavy atom. The van der Waals surface area contributed by atoms with Gasteiger partial charge in [-0.1, -0.05) is 35.3 Å². The number of rotatable bonds is 3. The first-order valence-corrected chi connectivity index (χ1v) is 8.55. The van der Waals surface area contributed by atoms with Crippen LogP contribution in [-0.4, -0.2) is 19.0 Å². The van der Waals surface area contributed by atoms with Crippen molar-refractivity contribution in [1.29, 1.82) is 0 Å². The molecule has 1 fully saturated rings. The molecule has 126 valence electrons. The maximum absolute atomic E-state index is 13.8. The van der Waals surface area contributed by atoms with Gasteiger partial charge in [0, 0.05) is 24.0 Å². The second-order valence-electron chi connectivity index (χ2n) is 5.83. The molecule has 0 radical (unpaired) electrons. The lowest BCUT2D eigenvalue weighted by molar-refractivity contribution is -0.120. The maximum atomic E-state index is 13.8.